The van der Waals surface area contributed by atoms with Crippen LogP contribution in [-0.4, -0.2) is 16.9 Å². The summed E-state index contributed by atoms with van der Waals surface area (Å²) in [4.78, 5) is 16.3. The van der Waals surface area contributed by atoms with E-state index in [0.717, 1.165) is 11.3 Å². The average molecular weight is 338 g/mol. The molecule has 0 amide bonds. The van der Waals surface area contributed by atoms with Crippen LogP contribution in [0, 0.1) is 18.3 Å². The van der Waals surface area contributed by atoms with Crippen molar-refractivity contribution in [2.24, 2.45) is 0 Å². The third-order valence-corrected chi connectivity index (χ3v) is 4.36. The van der Waals surface area contributed by atoms with Crippen LogP contribution in [-0.2, 0) is 4.79 Å². The van der Waals surface area contributed by atoms with E-state index in [0.29, 0.717) is 5.69 Å². The first kappa shape index (κ1) is 17.2. The fourth-order valence-corrected chi connectivity index (χ4v) is 3.06. The highest BCUT2D eigenvalue weighted by molar-refractivity contribution is 7.09. The Kier molecular flexibility index (Phi) is 5.16. The lowest BCUT2D eigenvalue weighted by atomic mass is 9.89. The molecule has 0 aliphatic rings. The predicted octanol–water partition coefficient (Wildman–Crippen LogP) is 4.36. The lowest BCUT2D eigenvalue weighted by Gasteiger charge is -2.20. The maximum absolute atomic E-state index is 13.3. The molecular weight excluding hydrogens is 325 g/mol. The number of rotatable bonds is 5. The van der Waals surface area contributed by atoms with Gasteiger partial charge in [-0.05, 0) is 12.5 Å². The Morgan fingerprint density at radius 2 is 2.00 bits per heavy atom. The van der Waals surface area contributed by atoms with Crippen molar-refractivity contribution in [2.45, 2.75) is 31.4 Å². The third kappa shape index (κ3) is 4.17. The summed E-state index contributed by atoms with van der Waals surface area (Å²) in [6, 6.07) is 9.03. The number of alkyl halides is 3. The van der Waals surface area contributed by atoms with Crippen LogP contribution in [0.5, 0.6) is 0 Å². The minimum Gasteiger partial charge on any atom is -0.298 e. The first-order chi connectivity index (χ1) is 10.8. The number of benzene rings is 1. The second kappa shape index (κ2) is 6.92. The Morgan fingerprint density at radius 3 is 2.48 bits per heavy atom. The van der Waals surface area contributed by atoms with Crippen LogP contribution in [0.3, 0.4) is 0 Å². The summed E-state index contributed by atoms with van der Waals surface area (Å²) in [7, 11) is 0. The van der Waals surface area contributed by atoms with Crippen LogP contribution in [0.1, 0.15) is 34.5 Å². The van der Waals surface area contributed by atoms with Gasteiger partial charge in [0.1, 0.15) is 5.01 Å². The van der Waals surface area contributed by atoms with E-state index < -0.39 is 30.2 Å². The lowest BCUT2D eigenvalue weighted by molar-refractivity contribution is -0.156. The molecule has 3 nitrogen and oxygen atoms in total. The van der Waals surface area contributed by atoms with E-state index in [1.165, 1.54) is 24.3 Å². The van der Waals surface area contributed by atoms with Gasteiger partial charge < -0.3 is 0 Å². The van der Waals surface area contributed by atoms with Crippen LogP contribution in [0.2, 0.25) is 0 Å². The number of aromatic nitrogens is 1. The van der Waals surface area contributed by atoms with E-state index in [1.807, 2.05) is 0 Å². The van der Waals surface area contributed by atoms with Crippen LogP contribution in [0.4, 0.5) is 13.2 Å². The van der Waals surface area contributed by atoms with Gasteiger partial charge in [-0.3, -0.25) is 4.79 Å². The number of carbonyl (C=O) groups excluding carboxylic acids is 1. The molecule has 1 aromatic heterocycles. The van der Waals surface area contributed by atoms with Gasteiger partial charge in [0.25, 0.3) is 0 Å². The molecule has 0 radical (unpaired) electrons. The number of hydrogen-bond acceptors (Lipinski definition) is 4. The van der Waals surface area contributed by atoms with Gasteiger partial charge in [-0.25, -0.2) is 4.98 Å². The number of hydrogen-bond donors (Lipinski definition) is 0. The Labute approximate surface area is 135 Å². The molecule has 0 saturated heterocycles. The molecule has 120 valence electrons. The second-order valence-corrected chi connectivity index (χ2v) is 5.95. The van der Waals surface area contributed by atoms with Gasteiger partial charge in [0.15, 0.2) is 11.7 Å². The molecule has 7 heteroatoms. The standard InChI is InChI=1S/C16H13F3N2OS/c1-10-9-23-15(21-10)12(8-20)14(22)7-13(16(17,18)19)11-5-3-2-4-6-11/h2-6,9,12-13H,7H2,1H3/t12-,13-/m1/s1. The number of nitriles is 1. The number of nitrogens with zero attached hydrogens (tertiary/aromatic N) is 2. The predicted molar refractivity (Wildman–Crippen MR) is 80.1 cm³/mol. The molecule has 2 rings (SSSR count). The number of thiazole rings is 1. The van der Waals surface area contributed by atoms with E-state index in [2.05, 4.69) is 4.98 Å². The second-order valence-electron chi connectivity index (χ2n) is 5.06. The van der Waals surface area contributed by atoms with Crippen molar-refractivity contribution in [1.82, 2.24) is 4.98 Å². The van der Waals surface area contributed by atoms with Crippen molar-refractivity contribution < 1.29 is 18.0 Å². The maximum Gasteiger partial charge on any atom is 0.396 e. The Bertz CT molecular complexity index is 719. The van der Waals surface area contributed by atoms with E-state index in [4.69, 9.17) is 5.26 Å². The minimum absolute atomic E-state index is 0.0142. The van der Waals surface area contributed by atoms with Crippen molar-refractivity contribution in [2.75, 3.05) is 0 Å². The molecule has 2 atom stereocenters. The van der Waals surface area contributed by atoms with Gasteiger partial charge in [-0.15, -0.1) is 11.3 Å². The Morgan fingerprint density at radius 1 is 1.35 bits per heavy atom. The van der Waals surface area contributed by atoms with Crippen molar-refractivity contribution in [3.63, 3.8) is 0 Å². The van der Waals surface area contributed by atoms with Gasteiger partial charge in [0, 0.05) is 17.5 Å². The number of carbonyl (C=O) groups is 1. The number of aryl methyl sites for hydroxylation is 1. The van der Waals surface area contributed by atoms with Gasteiger partial charge in [-0.1, -0.05) is 30.3 Å². The highest BCUT2D eigenvalue weighted by Gasteiger charge is 2.43. The molecule has 0 N–H and O–H groups in total. The first-order valence-electron chi connectivity index (χ1n) is 6.79. The average Bonchev–Trinajstić information content (AvgIpc) is 2.91. The summed E-state index contributed by atoms with van der Waals surface area (Å²) in [6.45, 7) is 1.70. The van der Waals surface area contributed by atoms with Crippen LogP contribution >= 0.6 is 11.3 Å². The summed E-state index contributed by atoms with van der Waals surface area (Å²) < 4.78 is 39.9. The maximum atomic E-state index is 13.3. The molecule has 2 aromatic rings. The first-order valence-corrected chi connectivity index (χ1v) is 7.67. The van der Waals surface area contributed by atoms with Crippen molar-refractivity contribution in [3.8, 4) is 6.07 Å². The monoisotopic (exact) mass is 338 g/mol. The lowest BCUT2D eigenvalue weighted by Crippen LogP contribution is -2.25. The van der Waals surface area contributed by atoms with Gasteiger partial charge in [0.2, 0.25) is 0 Å². The molecule has 0 unspecified atom stereocenters. The molecule has 1 heterocycles. The quantitative estimate of drug-likeness (QED) is 0.814. The Balaban J connectivity index is 2.26. The topological polar surface area (TPSA) is 53.8 Å². The summed E-state index contributed by atoms with van der Waals surface area (Å²) >= 11 is 1.11. The number of ketones is 1. The number of Topliss-reactive ketones (excluding diaryl/α,β-unsaturated/α-hetero) is 1. The van der Waals surface area contributed by atoms with E-state index in [9.17, 15) is 18.0 Å². The summed E-state index contributed by atoms with van der Waals surface area (Å²) in [6.07, 6.45) is -5.33. The smallest absolute Gasteiger partial charge is 0.298 e. The zero-order valence-corrected chi connectivity index (χ0v) is 13.0. The fourth-order valence-electron chi connectivity index (χ4n) is 2.20. The molecule has 1 aromatic carbocycles. The fraction of sp³-hybridized carbons (Fsp3) is 0.312. The summed E-state index contributed by atoms with van der Waals surface area (Å²) in [5.41, 5.74) is 0.647. The zero-order valence-electron chi connectivity index (χ0n) is 12.2. The van der Waals surface area contributed by atoms with Crippen LogP contribution in [0.25, 0.3) is 0 Å². The van der Waals surface area contributed by atoms with Crippen molar-refractivity contribution in [3.05, 3.63) is 52.0 Å². The van der Waals surface area contributed by atoms with E-state index in [-0.39, 0.29) is 10.6 Å². The molecule has 0 spiro atoms. The molecule has 0 aliphatic heterocycles. The largest absolute Gasteiger partial charge is 0.396 e. The molecule has 0 saturated carbocycles. The Hall–Kier alpha value is -2.20. The third-order valence-electron chi connectivity index (χ3n) is 3.34. The van der Waals surface area contributed by atoms with Crippen LogP contribution in [0.15, 0.2) is 35.7 Å². The van der Waals surface area contributed by atoms with E-state index in [1.54, 1.807) is 24.4 Å². The SMILES string of the molecule is Cc1csc([C@H](C#N)C(=O)C[C@H](c2ccccc2)C(F)(F)F)n1. The summed E-state index contributed by atoms with van der Waals surface area (Å²) in [5.74, 6) is -3.96. The minimum atomic E-state index is -4.56. The highest BCUT2D eigenvalue weighted by Crippen LogP contribution is 2.39. The normalized spacial score (nSPS) is 14.0. The molecule has 0 bridgehead atoms. The zero-order chi connectivity index (χ0) is 17.0. The van der Waals surface area contributed by atoms with Gasteiger partial charge >= 0.3 is 6.18 Å². The number of halogens is 3. The van der Waals surface area contributed by atoms with Crippen LogP contribution < -0.4 is 0 Å². The summed E-state index contributed by atoms with van der Waals surface area (Å²) in [5, 5.41) is 11.1. The molecule has 0 fully saturated rings. The highest BCUT2D eigenvalue weighted by atomic mass is 32.1. The molecule has 0 aliphatic carbocycles. The van der Waals surface area contributed by atoms with Crippen molar-refractivity contribution in [1.29, 1.82) is 5.26 Å². The van der Waals surface area contributed by atoms with Crippen molar-refractivity contribution >= 4 is 17.1 Å². The molecule has 23 heavy (non-hydrogen) atoms. The van der Waals surface area contributed by atoms with Gasteiger partial charge in [-0.2, -0.15) is 18.4 Å². The molecular formula is C16H13F3N2OS. The van der Waals surface area contributed by atoms with E-state index >= 15 is 0 Å². The van der Waals surface area contributed by atoms with Gasteiger partial charge in [0.05, 0.1) is 12.0 Å².